The van der Waals surface area contributed by atoms with E-state index in [2.05, 4.69) is 0 Å². The summed E-state index contributed by atoms with van der Waals surface area (Å²) in [5.74, 6) is 0.0820. The molecule has 0 unspecified atom stereocenters. The van der Waals surface area contributed by atoms with Gasteiger partial charge in [-0.25, -0.2) is 0 Å². The predicted molar refractivity (Wildman–Crippen MR) is 77.5 cm³/mol. The summed E-state index contributed by atoms with van der Waals surface area (Å²) in [5, 5.41) is 0.619. The van der Waals surface area contributed by atoms with Crippen molar-refractivity contribution in [2.75, 3.05) is 6.61 Å². The Hall–Kier alpha value is -1.55. The lowest BCUT2D eigenvalue weighted by Gasteiger charge is -2.27. The molecule has 0 saturated heterocycles. The Morgan fingerprint density at radius 3 is 3.00 bits per heavy atom. The third kappa shape index (κ3) is 3.21. The van der Waals surface area contributed by atoms with E-state index < -0.39 is 6.10 Å². The van der Waals surface area contributed by atoms with Crippen LogP contribution >= 0.6 is 11.6 Å². The van der Waals surface area contributed by atoms with Gasteiger partial charge in [0.2, 0.25) is 0 Å². The number of benzene rings is 1. The lowest BCUT2D eigenvalue weighted by molar-refractivity contribution is -0.161. The van der Waals surface area contributed by atoms with Crippen LogP contribution in [0.4, 0.5) is 0 Å². The van der Waals surface area contributed by atoms with E-state index in [0.717, 1.165) is 24.2 Å². The molecule has 3 rings (SSSR count). The van der Waals surface area contributed by atoms with Gasteiger partial charge in [0.25, 0.3) is 0 Å². The molecule has 5 heteroatoms. The van der Waals surface area contributed by atoms with Crippen molar-refractivity contribution in [2.24, 2.45) is 5.92 Å². The number of halogens is 1. The number of Topliss-reactive ketones (excluding diaryl/α,β-unsaturated/α-hetero) is 1. The van der Waals surface area contributed by atoms with Crippen molar-refractivity contribution in [3.05, 3.63) is 28.8 Å². The summed E-state index contributed by atoms with van der Waals surface area (Å²) in [6.45, 7) is 0.286. The van der Waals surface area contributed by atoms with E-state index in [0.29, 0.717) is 24.3 Å². The van der Waals surface area contributed by atoms with Crippen molar-refractivity contribution >= 4 is 23.4 Å². The van der Waals surface area contributed by atoms with Crippen molar-refractivity contribution in [3.63, 3.8) is 0 Å². The summed E-state index contributed by atoms with van der Waals surface area (Å²) >= 11 is 5.96. The second-order valence-electron chi connectivity index (χ2n) is 5.60. The van der Waals surface area contributed by atoms with Gasteiger partial charge in [-0.1, -0.05) is 11.6 Å². The molecule has 1 aliphatic carbocycles. The second kappa shape index (κ2) is 6.06. The topological polar surface area (TPSA) is 52.6 Å². The van der Waals surface area contributed by atoms with Gasteiger partial charge < -0.3 is 9.47 Å². The Kier molecular flexibility index (Phi) is 4.15. The molecule has 2 aliphatic rings. The number of hydrogen-bond donors (Lipinski definition) is 0. The van der Waals surface area contributed by atoms with E-state index in [1.165, 1.54) is 0 Å². The monoisotopic (exact) mass is 308 g/mol. The first kappa shape index (κ1) is 14.4. The standard InChI is InChI=1S/C16H17ClO4/c17-12-5-6-14-10(8-12)7-11(9-20-14)16(19)21-15-4-2-1-3-13(15)18/h5-6,8,11,15H,1-4,7,9H2/t11-,15-/m0/s1. The second-order valence-corrected chi connectivity index (χ2v) is 6.04. The smallest absolute Gasteiger partial charge is 0.313 e. The van der Waals surface area contributed by atoms with Gasteiger partial charge in [0, 0.05) is 11.4 Å². The lowest BCUT2D eigenvalue weighted by Crippen LogP contribution is -2.36. The first-order valence-electron chi connectivity index (χ1n) is 7.28. The summed E-state index contributed by atoms with van der Waals surface area (Å²) in [5.41, 5.74) is 0.908. The number of hydrogen-bond acceptors (Lipinski definition) is 4. The number of rotatable bonds is 2. The molecule has 1 aliphatic heterocycles. The van der Waals surface area contributed by atoms with Crippen LogP contribution in [0.5, 0.6) is 5.75 Å². The molecular formula is C16H17ClO4. The van der Waals surface area contributed by atoms with Crippen LogP contribution in [0.2, 0.25) is 5.02 Å². The van der Waals surface area contributed by atoms with Gasteiger partial charge in [0.15, 0.2) is 11.9 Å². The molecule has 0 radical (unpaired) electrons. The predicted octanol–water partition coefficient (Wildman–Crippen LogP) is 2.95. The minimum absolute atomic E-state index is 0.0368. The molecule has 4 nitrogen and oxygen atoms in total. The number of esters is 1. The fraction of sp³-hybridized carbons (Fsp3) is 0.500. The van der Waals surface area contributed by atoms with Crippen molar-refractivity contribution in [3.8, 4) is 5.75 Å². The van der Waals surface area contributed by atoms with Gasteiger partial charge in [-0.2, -0.15) is 0 Å². The van der Waals surface area contributed by atoms with Crippen LogP contribution in [0.15, 0.2) is 18.2 Å². The first-order valence-corrected chi connectivity index (χ1v) is 7.66. The summed E-state index contributed by atoms with van der Waals surface area (Å²) in [7, 11) is 0. The maximum Gasteiger partial charge on any atom is 0.313 e. The Labute approximate surface area is 128 Å². The molecular weight excluding hydrogens is 292 g/mol. The minimum atomic E-state index is -0.563. The molecule has 0 N–H and O–H groups in total. The van der Waals surface area contributed by atoms with Crippen LogP contribution in [0.25, 0.3) is 0 Å². The lowest BCUT2D eigenvalue weighted by atomic mass is 9.95. The highest BCUT2D eigenvalue weighted by atomic mass is 35.5. The molecule has 1 aromatic rings. The molecule has 2 atom stereocenters. The van der Waals surface area contributed by atoms with Crippen molar-refractivity contribution in [2.45, 2.75) is 38.2 Å². The van der Waals surface area contributed by atoms with Crippen LogP contribution in [-0.2, 0) is 20.7 Å². The van der Waals surface area contributed by atoms with Gasteiger partial charge in [-0.3, -0.25) is 9.59 Å². The van der Waals surface area contributed by atoms with Crippen molar-refractivity contribution in [1.29, 1.82) is 0 Å². The van der Waals surface area contributed by atoms with Crippen LogP contribution in [-0.4, -0.2) is 24.5 Å². The quantitative estimate of drug-likeness (QED) is 0.788. The highest BCUT2D eigenvalue weighted by Crippen LogP contribution is 2.30. The zero-order chi connectivity index (χ0) is 14.8. The zero-order valence-electron chi connectivity index (χ0n) is 11.6. The van der Waals surface area contributed by atoms with Crippen molar-refractivity contribution in [1.82, 2.24) is 0 Å². The Morgan fingerprint density at radius 2 is 2.19 bits per heavy atom. The Bertz CT molecular complexity index is 569. The number of fused-ring (bicyclic) bond motifs is 1. The van der Waals surface area contributed by atoms with E-state index in [1.807, 2.05) is 12.1 Å². The highest BCUT2D eigenvalue weighted by Gasteiger charge is 2.32. The molecule has 0 spiro atoms. The SMILES string of the molecule is O=C(O[C@H]1CCCCC1=O)[C@@H]1COc2ccc(Cl)cc2C1. The third-order valence-corrected chi connectivity index (χ3v) is 4.25. The van der Waals surface area contributed by atoms with Crippen LogP contribution in [0.1, 0.15) is 31.2 Å². The summed E-state index contributed by atoms with van der Waals surface area (Å²) in [6, 6.07) is 5.38. The van der Waals surface area contributed by atoms with Gasteiger partial charge in [0.05, 0.1) is 5.92 Å². The van der Waals surface area contributed by atoms with Crippen molar-refractivity contribution < 1.29 is 19.1 Å². The van der Waals surface area contributed by atoms with Gasteiger partial charge in [-0.05, 0) is 49.4 Å². The normalized spacial score (nSPS) is 24.9. The fourth-order valence-electron chi connectivity index (χ4n) is 2.83. The van der Waals surface area contributed by atoms with E-state index in [4.69, 9.17) is 21.1 Å². The number of ketones is 1. The summed E-state index contributed by atoms with van der Waals surface area (Å²) < 4.78 is 11.0. The molecule has 1 saturated carbocycles. The zero-order valence-corrected chi connectivity index (χ0v) is 12.4. The van der Waals surface area contributed by atoms with Gasteiger partial charge >= 0.3 is 5.97 Å². The Balaban J connectivity index is 1.65. The molecule has 0 bridgehead atoms. The summed E-state index contributed by atoms with van der Waals surface area (Å²) in [4.78, 5) is 23.9. The molecule has 0 amide bonds. The molecule has 1 heterocycles. The average molecular weight is 309 g/mol. The van der Waals surface area contributed by atoms with Gasteiger partial charge in [-0.15, -0.1) is 0 Å². The molecule has 112 valence electrons. The highest BCUT2D eigenvalue weighted by molar-refractivity contribution is 6.30. The van der Waals surface area contributed by atoms with Gasteiger partial charge in [0.1, 0.15) is 12.4 Å². The number of ether oxygens (including phenoxy) is 2. The Morgan fingerprint density at radius 1 is 1.33 bits per heavy atom. The average Bonchev–Trinajstić information content (AvgIpc) is 2.48. The van der Waals surface area contributed by atoms with Crippen LogP contribution in [0, 0.1) is 5.92 Å². The van der Waals surface area contributed by atoms with E-state index in [9.17, 15) is 9.59 Å². The third-order valence-electron chi connectivity index (χ3n) is 4.02. The minimum Gasteiger partial charge on any atom is -0.492 e. The first-order chi connectivity index (χ1) is 10.1. The van der Waals surface area contributed by atoms with Crippen LogP contribution in [0.3, 0.4) is 0 Å². The van der Waals surface area contributed by atoms with E-state index in [-0.39, 0.29) is 24.3 Å². The molecule has 21 heavy (non-hydrogen) atoms. The number of carbonyl (C=O) groups excluding carboxylic acids is 2. The summed E-state index contributed by atoms with van der Waals surface area (Å²) in [6.07, 6.45) is 2.95. The van der Waals surface area contributed by atoms with E-state index >= 15 is 0 Å². The number of carbonyl (C=O) groups is 2. The fourth-order valence-corrected chi connectivity index (χ4v) is 3.02. The van der Waals surface area contributed by atoms with E-state index in [1.54, 1.807) is 6.07 Å². The largest absolute Gasteiger partial charge is 0.492 e. The maximum absolute atomic E-state index is 12.2. The molecule has 0 aromatic heterocycles. The van der Waals surface area contributed by atoms with Crippen LogP contribution < -0.4 is 4.74 Å². The maximum atomic E-state index is 12.2. The molecule has 1 aromatic carbocycles. The molecule has 1 fully saturated rings.